The van der Waals surface area contributed by atoms with E-state index < -0.39 is 0 Å². The van der Waals surface area contributed by atoms with Gasteiger partial charge in [-0.05, 0) is 18.4 Å². The Hall–Kier alpha value is -1.03. The molecule has 0 N–H and O–H groups in total. The minimum Gasteiger partial charge on any atom is -0.231 e. The van der Waals surface area contributed by atoms with Crippen molar-refractivity contribution in [1.82, 2.24) is 14.6 Å². The smallest absolute Gasteiger partial charge is 0.188 e. The van der Waals surface area contributed by atoms with Crippen LogP contribution < -0.4 is 0 Å². The van der Waals surface area contributed by atoms with Gasteiger partial charge in [-0.2, -0.15) is 5.10 Å². The van der Waals surface area contributed by atoms with E-state index in [1.165, 1.54) is 0 Å². The largest absolute Gasteiger partial charge is 0.231 e. The van der Waals surface area contributed by atoms with E-state index >= 15 is 0 Å². The predicted octanol–water partition coefficient (Wildman–Crippen LogP) is 2.75. The van der Waals surface area contributed by atoms with Crippen molar-refractivity contribution in [2.75, 3.05) is 6.26 Å². The normalized spacial score (nSPS) is 12.3. The highest BCUT2D eigenvalue weighted by Gasteiger charge is 2.18. The van der Waals surface area contributed by atoms with E-state index in [9.17, 15) is 0 Å². The van der Waals surface area contributed by atoms with Crippen LogP contribution >= 0.6 is 11.8 Å². The van der Waals surface area contributed by atoms with Gasteiger partial charge in [-0.15, -0.1) is 0 Å². The van der Waals surface area contributed by atoms with E-state index in [4.69, 9.17) is 0 Å². The maximum Gasteiger partial charge on any atom is 0.188 e. The second-order valence-electron chi connectivity index (χ2n) is 4.55. The molecule has 0 saturated carbocycles. The molecule has 0 amide bonds. The van der Waals surface area contributed by atoms with Crippen LogP contribution in [0.15, 0.2) is 23.5 Å². The lowest BCUT2D eigenvalue weighted by Gasteiger charge is -2.13. The molecule has 0 aliphatic carbocycles. The van der Waals surface area contributed by atoms with Crippen molar-refractivity contribution < 1.29 is 0 Å². The van der Waals surface area contributed by atoms with Gasteiger partial charge >= 0.3 is 0 Å². The van der Waals surface area contributed by atoms with Crippen molar-refractivity contribution in [3.05, 3.63) is 24.0 Å². The summed E-state index contributed by atoms with van der Waals surface area (Å²) in [7, 11) is 0. The van der Waals surface area contributed by atoms with Crippen LogP contribution in [0.25, 0.3) is 5.52 Å². The summed E-state index contributed by atoms with van der Waals surface area (Å²) in [5.74, 6) is 0. The molecular weight excluding hydrogens is 206 g/mol. The Morgan fingerprint density at radius 1 is 1.33 bits per heavy atom. The third-order valence-electron chi connectivity index (χ3n) is 2.30. The lowest BCUT2D eigenvalue weighted by molar-refractivity contribution is 0.557. The summed E-state index contributed by atoms with van der Waals surface area (Å²) in [5.41, 5.74) is 2.30. The van der Waals surface area contributed by atoms with Gasteiger partial charge in [0, 0.05) is 11.6 Å². The zero-order valence-electron chi connectivity index (χ0n) is 9.48. The molecule has 0 aliphatic heterocycles. The molecule has 0 saturated heterocycles. The topological polar surface area (TPSA) is 30.2 Å². The quantitative estimate of drug-likeness (QED) is 0.548. The molecule has 2 aromatic rings. The van der Waals surface area contributed by atoms with Crippen LogP contribution in [-0.2, 0) is 5.41 Å². The highest BCUT2D eigenvalue weighted by molar-refractivity contribution is 7.98. The Morgan fingerprint density at radius 3 is 2.67 bits per heavy atom. The van der Waals surface area contributed by atoms with Crippen LogP contribution in [0, 0.1) is 0 Å². The van der Waals surface area contributed by atoms with Crippen LogP contribution in [0.4, 0.5) is 0 Å². The van der Waals surface area contributed by atoms with Crippen molar-refractivity contribution in [2.45, 2.75) is 31.3 Å². The van der Waals surface area contributed by atoms with Crippen molar-refractivity contribution in [3.63, 3.8) is 0 Å². The van der Waals surface area contributed by atoms with Crippen molar-refractivity contribution >= 4 is 17.3 Å². The molecule has 0 atom stereocenters. The summed E-state index contributed by atoms with van der Waals surface area (Å²) in [6, 6.07) is 4.11. The summed E-state index contributed by atoms with van der Waals surface area (Å²) < 4.78 is 1.91. The van der Waals surface area contributed by atoms with Gasteiger partial charge in [0.1, 0.15) is 0 Å². The average molecular weight is 221 g/mol. The first kappa shape index (κ1) is 10.5. The molecule has 0 unspecified atom stereocenters. The van der Waals surface area contributed by atoms with Crippen LogP contribution in [0.2, 0.25) is 0 Å². The second-order valence-corrected chi connectivity index (χ2v) is 5.32. The van der Waals surface area contributed by atoms with Crippen LogP contribution in [0.5, 0.6) is 0 Å². The lowest BCUT2D eigenvalue weighted by Crippen LogP contribution is -2.12. The van der Waals surface area contributed by atoms with Gasteiger partial charge in [0.25, 0.3) is 0 Å². The minimum atomic E-state index is 0.0850. The number of nitrogens with zero attached hydrogens (tertiary/aromatic N) is 3. The summed E-state index contributed by atoms with van der Waals surface area (Å²) in [5, 5.41) is 5.52. The number of fused-ring (bicyclic) bond motifs is 1. The molecule has 3 nitrogen and oxygen atoms in total. The van der Waals surface area contributed by atoms with Gasteiger partial charge in [-0.1, -0.05) is 32.5 Å². The first-order valence-electron chi connectivity index (χ1n) is 4.91. The maximum atomic E-state index is 4.59. The molecule has 0 radical (unpaired) electrons. The van der Waals surface area contributed by atoms with Crippen LogP contribution in [-0.4, -0.2) is 20.9 Å². The Morgan fingerprint density at radius 2 is 2.07 bits per heavy atom. The fourth-order valence-corrected chi connectivity index (χ4v) is 1.89. The van der Waals surface area contributed by atoms with E-state index in [1.807, 2.05) is 23.0 Å². The fraction of sp³-hybridized carbons (Fsp3) is 0.455. The molecule has 2 rings (SSSR count). The number of hydrogen-bond acceptors (Lipinski definition) is 3. The Kier molecular flexibility index (Phi) is 2.46. The van der Waals surface area contributed by atoms with Gasteiger partial charge in [-0.25, -0.2) is 9.50 Å². The van der Waals surface area contributed by atoms with E-state index in [-0.39, 0.29) is 5.41 Å². The standard InChI is InChI=1S/C11H15N3S/c1-11(2,3)9-7-8-5-6-12-10(15-4)14(8)13-9/h5-7H,1-4H3. The van der Waals surface area contributed by atoms with Gasteiger partial charge in [-0.3, -0.25) is 0 Å². The van der Waals surface area contributed by atoms with Crippen molar-refractivity contribution in [3.8, 4) is 0 Å². The zero-order chi connectivity index (χ0) is 11.1. The summed E-state index contributed by atoms with van der Waals surface area (Å²) >= 11 is 1.61. The van der Waals surface area contributed by atoms with Gasteiger partial charge in [0.2, 0.25) is 0 Å². The molecule has 0 bridgehead atoms. The SMILES string of the molecule is CSc1nccc2cc(C(C)(C)C)nn12. The summed E-state index contributed by atoms with van der Waals surface area (Å²) in [6.45, 7) is 6.50. The first-order chi connectivity index (χ1) is 7.02. The molecule has 0 aromatic carbocycles. The summed E-state index contributed by atoms with van der Waals surface area (Å²) in [4.78, 5) is 4.28. The van der Waals surface area contributed by atoms with Crippen LogP contribution in [0.1, 0.15) is 26.5 Å². The second kappa shape index (κ2) is 3.52. The lowest BCUT2D eigenvalue weighted by atomic mass is 9.92. The third kappa shape index (κ3) is 1.86. The number of thioether (sulfide) groups is 1. The molecule has 15 heavy (non-hydrogen) atoms. The number of aromatic nitrogens is 3. The number of rotatable bonds is 1. The Balaban J connectivity index is 2.65. The first-order valence-corrected chi connectivity index (χ1v) is 6.14. The van der Waals surface area contributed by atoms with E-state index in [0.29, 0.717) is 0 Å². The van der Waals surface area contributed by atoms with Gasteiger partial charge < -0.3 is 0 Å². The molecule has 0 spiro atoms. The average Bonchev–Trinajstić information content (AvgIpc) is 2.59. The van der Waals surface area contributed by atoms with E-state index in [1.54, 1.807) is 11.8 Å². The zero-order valence-corrected chi connectivity index (χ0v) is 10.3. The molecule has 0 fully saturated rings. The van der Waals surface area contributed by atoms with Gasteiger partial charge in [0.15, 0.2) is 5.16 Å². The van der Waals surface area contributed by atoms with Crippen LogP contribution in [0.3, 0.4) is 0 Å². The molecule has 4 heteroatoms. The van der Waals surface area contributed by atoms with Gasteiger partial charge in [0.05, 0.1) is 11.2 Å². The molecule has 2 aromatic heterocycles. The number of hydrogen-bond donors (Lipinski definition) is 0. The van der Waals surface area contributed by atoms with E-state index in [0.717, 1.165) is 16.4 Å². The van der Waals surface area contributed by atoms with Crippen molar-refractivity contribution in [2.24, 2.45) is 0 Å². The molecule has 2 heterocycles. The third-order valence-corrected chi connectivity index (χ3v) is 2.94. The molecular formula is C11H15N3S. The van der Waals surface area contributed by atoms with E-state index in [2.05, 4.69) is 36.9 Å². The molecule has 80 valence electrons. The highest BCUT2D eigenvalue weighted by Crippen LogP contribution is 2.23. The summed E-state index contributed by atoms with van der Waals surface area (Å²) in [6.07, 6.45) is 3.84. The minimum absolute atomic E-state index is 0.0850. The monoisotopic (exact) mass is 221 g/mol. The Labute approximate surface area is 93.9 Å². The maximum absolute atomic E-state index is 4.59. The highest BCUT2D eigenvalue weighted by atomic mass is 32.2. The predicted molar refractivity (Wildman–Crippen MR) is 63.5 cm³/mol. The Bertz CT molecular complexity index is 482. The fourth-order valence-electron chi connectivity index (χ4n) is 1.41. The molecule has 0 aliphatic rings. The van der Waals surface area contributed by atoms with Crippen molar-refractivity contribution in [1.29, 1.82) is 0 Å².